The average Bonchev–Trinajstić information content (AvgIpc) is 2.55. The lowest BCUT2D eigenvalue weighted by atomic mass is 9.94. The molecule has 0 radical (unpaired) electrons. The van der Waals surface area contributed by atoms with Gasteiger partial charge in [0.05, 0.1) is 6.04 Å². The molecular weight excluding hydrogens is 297 g/mol. The van der Waals surface area contributed by atoms with Gasteiger partial charge in [-0.1, -0.05) is 13.8 Å². The molecule has 1 atom stereocenters. The van der Waals surface area contributed by atoms with Gasteiger partial charge < -0.3 is 16.0 Å². The van der Waals surface area contributed by atoms with E-state index < -0.39 is 6.04 Å². The first-order valence-corrected chi connectivity index (χ1v) is 7.99. The maximum atomic E-state index is 12.9. The molecule has 5 nitrogen and oxygen atoms in total. The second-order valence-electron chi connectivity index (χ2n) is 6.37. The molecule has 1 aromatic carbocycles. The van der Waals surface area contributed by atoms with Gasteiger partial charge >= 0.3 is 0 Å². The first-order chi connectivity index (χ1) is 10.9. The molecule has 0 bridgehead atoms. The summed E-state index contributed by atoms with van der Waals surface area (Å²) in [4.78, 5) is 26.2. The van der Waals surface area contributed by atoms with Gasteiger partial charge in [0.25, 0.3) is 0 Å². The Hall–Kier alpha value is -1.95. The van der Waals surface area contributed by atoms with Gasteiger partial charge in [0.15, 0.2) is 0 Å². The zero-order chi connectivity index (χ0) is 17.0. The van der Waals surface area contributed by atoms with Crippen LogP contribution in [0.5, 0.6) is 0 Å². The topological polar surface area (TPSA) is 75.4 Å². The van der Waals surface area contributed by atoms with Gasteiger partial charge in [0.1, 0.15) is 5.82 Å². The number of anilines is 1. The Kier molecular flexibility index (Phi) is 5.71. The Balaban J connectivity index is 1.85. The predicted molar refractivity (Wildman–Crippen MR) is 87.1 cm³/mol. The number of rotatable bonds is 4. The van der Waals surface area contributed by atoms with Gasteiger partial charge in [-0.2, -0.15) is 0 Å². The summed E-state index contributed by atoms with van der Waals surface area (Å²) in [5.74, 6) is -0.507. The van der Waals surface area contributed by atoms with Crippen molar-refractivity contribution in [1.29, 1.82) is 0 Å². The number of nitrogens with zero attached hydrogens (tertiary/aromatic N) is 1. The largest absolute Gasteiger partial charge is 0.341 e. The molecule has 0 aliphatic carbocycles. The number of piperidine rings is 1. The van der Waals surface area contributed by atoms with Gasteiger partial charge in [0.2, 0.25) is 11.8 Å². The molecule has 1 aliphatic heterocycles. The zero-order valence-corrected chi connectivity index (χ0v) is 13.6. The smallest absolute Gasteiger partial charge is 0.239 e. The van der Waals surface area contributed by atoms with Crippen molar-refractivity contribution in [3.05, 3.63) is 30.1 Å². The van der Waals surface area contributed by atoms with E-state index in [1.807, 2.05) is 13.8 Å². The highest BCUT2D eigenvalue weighted by molar-refractivity contribution is 5.92. The Morgan fingerprint density at radius 1 is 1.22 bits per heavy atom. The monoisotopic (exact) mass is 321 g/mol. The summed E-state index contributed by atoms with van der Waals surface area (Å²) in [5.41, 5.74) is 6.48. The molecule has 3 N–H and O–H groups in total. The molecule has 2 rings (SSSR count). The van der Waals surface area contributed by atoms with Crippen molar-refractivity contribution in [2.45, 2.75) is 32.7 Å². The molecular formula is C17H24FN3O2. The predicted octanol–water partition coefficient (Wildman–Crippen LogP) is 1.99. The van der Waals surface area contributed by atoms with Crippen LogP contribution >= 0.6 is 0 Å². The standard InChI is InChI=1S/C17H24FN3O2/c1-11(2)15(19)17(23)21-9-7-12(8-10-21)16(22)20-14-5-3-13(18)4-6-14/h3-6,11-12,15H,7-10,19H2,1-2H3,(H,20,22)/t15-/m0/s1. The number of benzene rings is 1. The van der Waals surface area contributed by atoms with Crippen LogP contribution < -0.4 is 11.1 Å². The van der Waals surface area contributed by atoms with Crippen LogP contribution in [-0.2, 0) is 9.59 Å². The number of hydrogen-bond acceptors (Lipinski definition) is 3. The third-order valence-corrected chi connectivity index (χ3v) is 4.29. The molecule has 0 spiro atoms. The third kappa shape index (κ3) is 4.51. The van der Waals surface area contributed by atoms with Crippen LogP contribution in [0.25, 0.3) is 0 Å². The van der Waals surface area contributed by atoms with Crippen molar-refractivity contribution in [3.8, 4) is 0 Å². The van der Waals surface area contributed by atoms with Crippen LogP contribution in [-0.4, -0.2) is 35.8 Å². The minimum Gasteiger partial charge on any atom is -0.341 e. The second kappa shape index (κ2) is 7.55. The fourth-order valence-electron chi connectivity index (χ4n) is 2.64. The van der Waals surface area contributed by atoms with E-state index >= 15 is 0 Å². The number of nitrogens with one attached hydrogen (secondary N) is 1. The molecule has 0 unspecified atom stereocenters. The first kappa shape index (κ1) is 17.4. The quantitative estimate of drug-likeness (QED) is 0.890. The minimum atomic E-state index is -0.486. The van der Waals surface area contributed by atoms with Crippen molar-refractivity contribution in [3.63, 3.8) is 0 Å². The van der Waals surface area contributed by atoms with Crippen LogP contribution in [0.1, 0.15) is 26.7 Å². The van der Waals surface area contributed by atoms with E-state index in [1.54, 1.807) is 4.90 Å². The molecule has 0 saturated carbocycles. The normalized spacial score (nSPS) is 17.2. The molecule has 6 heteroatoms. The number of halogens is 1. The Morgan fingerprint density at radius 2 is 1.78 bits per heavy atom. The molecule has 1 aromatic rings. The molecule has 23 heavy (non-hydrogen) atoms. The number of carbonyl (C=O) groups is 2. The molecule has 1 aliphatic rings. The number of nitrogens with two attached hydrogens (primary N) is 1. The number of amides is 2. The maximum absolute atomic E-state index is 12.9. The van der Waals surface area contributed by atoms with E-state index in [2.05, 4.69) is 5.32 Å². The van der Waals surface area contributed by atoms with E-state index in [9.17, 15) is 14.0 Å². The van der Waals surface area contributed by atoms with E-state index in [0.29, 0.717) is 31.6 Å². The summed E-state index contributed by atoms with van der Waals surface area (Å²) in [5, 5.41) is 2.79. The fourth-order valence-corrected chi connectivity index (χ4v) is 2.64. The van der Waals surface area contributed by atoms with E-state index in [4.69, 9.17) is 5.73 Å². The number of hydrogen-bond donors (Lipinski definition) is 2. The lowest BCUT2D eigenvalue weighted by Gasteiger charge is -2.33. The zero-order valence-electron chi connectivity index (χ0n) is 13.6. The average molecular weight is 321 g/mol. The summed E-state index contributed by atoms with van der Waals surface area (Å²) in [6.07, 6.45) is 1.23. The van der Waals surface area contributed by atoms with Gasteiger partial charge in [-0.15, -0.1) is 0 Å². The van der Waals surface area contributed by atoms with Crippen LogP contribution in [0.2, 0.25) is 0 Å². The molecule has 1 heterocycles. The number of likely N-dealkylation sites (tertiary alicyclic amines) is 1. The summed E-state index contributed by atoms with van der Waals surface area (Å²) in [7, 11) is 0. The molecule has 2 amide bonds. The summed E-state index contributed by atoms with van der Waals surface area (Å²) in [6, 6.07) is 5.20. The molecule has 1 fully saturated rings. The van der Waals surface area contributed by atoms with Crippen molar-refractivity contribution < 1.29 is 14.0 Å². The van der Waals surface area contributed by atoms with Gasteiger partial charge in [0, 0.05) is 24.7 Å². The molecule has 1 saturated heterocycles. The van der Waals surface area contributed by atoms with Crippen molar-refractivity contribution in [2.75, 3.05) is 18.4 Å². The highest BCUT2D eigenvalue weighted by Gasteiger charge is 2.30. The van der Waals surface area contributed by atoms with E-state index in [-0.39, 0.29) is 29.5 Å². The van der Waals surface area contributed by atoms with Crippen molar-refractivity contribution >= 4 is 17.5 Å². The second-order valence-corrected chi connectivity index (χ2v) is 6.37. The Labute approximate surface area is 136 Å². The van der Waals surface area contributed by atoms with E-state index in [1.165, 1.54) is 24.3 Å². The van der Waals surface area contributed by atoms with Crippen LogP contribution in [0.4, 0.5) is 10.1 Å². The molecule has 0 aromatic heterocycles. The minimum absolute atomic E-state index is 0.0441. The van der Waals surface area contributed by atoms with Crippen LogP contribution in [0.15, 0.2) is 24.3 Å². The van der Waals surface area contributed by atoms with Crippen molar-refractivity contribution in [2.24, 2.45) is 17.6 Å². The van der Waals surface area contributed by atoms with Gasteiger partial charge in [-0.25, -0.2) is 4.39 Å². The summed E-state index contributed by atoms with van der Waals surface area (Å²) < 4.78 is 12.9. The SMILES string of the molecule is CC(C)[C@H](N)C(=O)N1CCC(C(=O)Nc2ccc(F)cc2)CC1. The van der Waals surface area contributed by atoms with Gasteiger partial charge in [-0.3, -0.25) is 9.59 Å². The first-order valence-electron chi connectivity index (χ1n) is 7.99. The Morgan fingerprint density at radius 3 is 2.30 bits per heavy atom. The third-order valence-electron chi connectivity index (χ3n) is 4.29. The fraction of sp³-hybridized carbons (Fsp3) is 0.529. The Bertz CT molecular complexity index is 551. The van der Waals surface area contributed by atoms with Crippen molar-refractivity contribution in [1.82, 2.24) is 4.90 Å². The summed E-state index contributed by atoms with van der Waals surface area (Å²) in [6.45, 7) is 4.93. The van der Waals surface area contributed by atoms with E-state index in [0.717, 1.165) is 0 Å². The van der Waals surface area contributed by atoms with Crippen LogP contribution in [0, 0.1) is 17.7 Å². The molecule has 126 valence electrons. The number of carbonyl (C=O) groups excluding carboxylic acids is 2. The lowest BCUT2D eigenvalue weighted by Crippen LogP contribution is -2.50. The van der Waals surface area contributed by atoms with Gasteiger partial charge in [-0.05, 0) is 43.0 Å². The maximum Gasteiger partial charge on any atom is 0.239 e. The lowest BCUT2D eigenvalue weighted by molar-refractivity contribution is -0.136. The van der Waals surface area contributed by atoms with Crippen LogP contribution in [0.3, 0.4) is 0 Å². The highest BCUT2D eigenvalue weighted by Crippen LogP contribution is 2.20. The summed E-state index contributed by atoms with van der Waals surface area (Å²) >= 11 is 0. The highest BCUT2D eigenvalue weighted by atomic mass is 19.1.